The van der Waals surface area contributed by atoms with Crippen LogP contribution in [0.2, 0.25) is 0 Å². The number of anilines is 1. The summed E-state index contributed by atoms with van der Waals surface area (Å²) in [5.41, 5.74) is 5.38. The van der Waals surface area contributed by atoms with Crippen LogP contribution in [0.3, 0.4) is 0 Å². The summed E-state index contributed by atoms with van der Waals surface area (Å²) in [5, 5.41) is 0.415. The molecule has 0 atom stereocenters. The minimum absolute atomic E-state index is 0.0440. The first kappa shape index (κ1) is 13.4. The van der Waals surface area contributed by atoms with Gasteiger partial charge in [-0.15, -0.1) is 11.3 Å². The largest absolute Gasteiger partial charge is 0.417 e. The van der Waals surface area contributed by atoms with Crippen LogP contribution < -0.4 is 5.73 Å². The second kappa shape index (κ2) is 4.89. The number of aromatic nitrogens is 1. The zero-order valence-corrected chi connectivity index (χ0v) is 11.4. The molecule has 0 aliphatic carbocycles. The van der Waals surface area contributed by atoms with Gasteiger partial charge in [0.25, 0.3) is 0 Å². The highest BCUT2D eigenvalue weighted by Gasteiger charge is 2.33. The zero-order chi connectivity index (χ0) is 13.3. The van der Waals surface area contributed by atoms with Gasteiger partial charge in [-0.05, 0) is 17.7 Å². The van der Waals surface area contributed by atoms with Crippen molar-refractivity contribution in [3.63, 3.8) is 0 Å². The number of hydrogen-bond acceptors (Lipinski definition) is 3. The highest BCUT2D eigenvalue weighted by molar-refractivity contribution is 9.10. The lowest BCUT2D eigenvalue weighted by Crippen LogP contribution is -2.06. The van der Waals surface area contributed by atoms with Gasteiger partial charge in [-0.1, -0.05) is 22.0 Å². The summed E-state index contributed by atoms with van der Waals surface area (Å²) in [6, 6.07) is 4.19. The standard InChI is InChI=1S/C11H8BrF3N2S/c12-9-2-1-6(4-8(9)11(13,14)15)3-7-5-17-10(16)18-7/h1-2,4-5H,3H2,(H2,16,17). The highest BCUT2D eigenvalue weighted by Crippen LogP contribution is 2.35. The third-order valence-corrected chi connectivity index (χ3v) is 3.80. The van der Waals surface area contributed by atoms with E-state index in [0.717, 1.165) is 10.9 Å². The van der Waals surface area contributed by atoms with Crippen LogP contribution in [0.15, 0.2) is 28.9 Å². The fourth-order valence-electron chi connectivity index (χ4n) is 1.51. The minimum Gasteiger partial charge on any atom is -0.375 e. The van der Waals surface area contributed by atoms with E-state index in [9.17, 15) is 13.2 Å². The van der Waals surface area contributed by atoms with E-state index in [1.165, 1.54) is 17.4 Å². The number of halogens is 4. The molecule has 2 rings (SSSR count). The molecule has 0 aliphatic heterocycles. The van der Waals surface area contributed by atoms with Crippen molar-refractivity contribution in [3.05, 3.63) is 44.9 Å². The Balaban J connectivity index is 2.30. The summed E-state index contributed by atoms with van der Waals surface area (Å²) in [4.78, 5) is 4.70. The zero-order valence-electron chi connectivity index (χ0n) is 8.96. The Bertz CT molecular complexity index is 566. The molecule has 0 spiro atoms. The number of hydrogen-bond donors (Lipinski definition) is 1. The fraction of sp³-hybridized carbons (Fsp3) is 0.182. The maximum atomic E-state index is 12.7. The molecule has 2 nitrogen and oxygen atoms in total. The summed E-state index contributed by atoms with van der Waals surface area (Å²) < 4.78 is 38.2. The van der Waals surface area contributed by atoms with Gasteiger partial charge in [-0.2, -0.15) is 13.2 Å². The van der Waals surface area contributed by atoms with Crippen molar-refractivity contribution in [2.24, 2.45) is 0 Å². The molecule has 1 aromatic carbocycles. The normalized spacial score (nSPS) is 11.8. The van der Waals surface area contributed by atoms with Crippen LogP contribution in [-0.4, -0.2) is 4.98 Å². The van der Waals surface area contributed by atoms with Gasteiger partial charge in [0.15, 0.2) is 5.13 Å². The Morgan fingerprint density at radius 1 is 1.33 bits per heavy atom. The maximum Gasteiger partial charge on any atom is 0.417 e. The Kier molecular flexibility index (Phi) is 3.63. The number of nitrogens with zero attached hydrogens (tertiary/aromatic N) is 1. The molecule has 0 radical (unpaired) electrons. The topological polar surface area (TPSA) is 38.9 Å². The van der Waals surface area contributed by atoms with Crippen LogP contribution in [-0.2, 0) is 12.6 Å². The SMILES string of the molecule is Nc1ncc(Cc2ccc(Br)c(C(F)(F)F)c2)s1. The van der Waals surface area contributed by atoms with Crippen molar-refractivity contribution in [2.75, 3.05) is 5.73 Å². The van der Waals surface area contributed by atoms with Crippen molar-refractivity contribution in [3.8, 4) is 0 Å². The molecule has 18 heavy (non-hydrogen) atoms. The van der Waals surface area contributed by atoms with E-state index in [-0.39, 0.29) is 4.47 Å². The molecule has 2 aromatic rings. The Labute approximate surface area is 114 Å². The van der Waals surface area contributed by atoms with Crippen LogP contribution in [0.5, 0.6) is 0 Å². The fourth-order valence-corrected chi connectivity index (χ4v) is 2.69. The molecular weight excluding hydrogens is 329 g/mol. The van der Waals surface area contributed by atoms with E-state index in [1.54, 1.807) is 12.3 Å². The number of nitrogens with two attached hydrogens (primary N) is 1. The first-order valence-electron chi connectivity index (χ1n) is 4.92. The Morgan fingerprint density at radius 3 is 2.61 bits per heavy atom. The highest BCUT2D eigenvalue weighted by atomic mass is 79.9. The van der Waals surface area contributed by atoms with E-state index in [4.69, 9.17) is 5.73 Å². The molecular formula is C11H8BrF3N2S. The molecule has 0 unspecified atom stereocenters. The maximum absolute atomic E-state index is 12.7. The van der Waals surface area contributed by atoms with Crippen molar-refractivity contribution in [2.45, 2.75) is 12.6 Å². The molecule has 0 saturated heterocycles. The van der Waals surface area contributed by atoms with Gasteiger partial charge >= 0.3 is 6.18 Å². The lowest BCUT2D eigenvalue weighted by molar-refractivity contribution is -0.138. The molecule has 0 bridgehead atoms. The molecule has 7 heteroatoms. The third-order valence-electron chi connectivity index (χ3n) is 2.29. The summed E-state index contributed by atoms with van der Waals surface area (Å²) in [6.07, 6.45) is -2.39. The molecule has 1 aromatic heterocycles. The predicted molar refractivity (Wildman–Crippen MR) is 68.5 cm³/mol. The lowest BCUT2D eigenvalue weighted by atomic mass is 10.1. The van der Waals surface area contributed by atoms with Crippen molar-refractivity contribution in [1.29, 1.82) is 0 Å². The average Bonchev–Trinajstić information content (AvgIpc) is 2.65. The van der Waals surface area contributed by atoms with Gasteiger partial charge < -0.3 is 5.73 Å². The van der Waals surface area contributed by atoms with E-state index in [2.05, 4.69) is 20.9 Å². The number of thiazole rings is 1. The quantitative estimate of drug-likeness (QED) is 0.896. The van der Waals surface area contributed by atoms with Crippen LogP contribution >= 0.6 is 27.3 Å². The molecule has 0 amide bonds. The van der Waals surface area contributed by atoms with E-state index in [0.29, 0.717) is 17.1 Å². The summed E-state index contributed by atoms with van der Waals surface area (Å²) in [7, 11) is 0. The third kappa shape index (κ3) is 3.02. The second-order valence-corrected chi connectivity index (χ2v) is 5.65. The van der Waals surface area contributed by atoms with E-state index >= 15 is 0 Å². The van der Waals surface area contributed by atoms with Gasteiger partial charge in [-0.3, -0.25) is 0 Å². The summed E-state index contributed by atoms with van der Waals surface area (Å²) >= 11 is 4.18. The van der Waals surface area contributed by atoms with Gasteiger partial charge in [0, 0.05) is 22.0 Å². The van der Waals surface area contributed by atoms with Crippen molar-refractivity contribution in [1.82, 2.24) is 4.98 Å². The molecule has 0 fully saturated rings. The van der Waals surface area contributed by atoms with Gasteiger partial charge in [0.1, 0.15) is 0 Å². The van der Waals surface area contributed by atoms with Gasteiger partial charge in [-0.25, -0.2) is 4.98 Å². The van der Waals surface area contributed by atoms with Crippen LogP contribution in [0.25, 0.3) is 0 Å². The molecule has 96 valence electrons. The number of rotatable bonds is 2. The van der Waals surface area contributed by atoms with Crippen molar-refractivity contribution >= 4 is 32.4 Å². The van der Waals surface area contributed by atoms with E-state index in [1.807, 2.05) is 0 Å². The molecule has 2 N–H and O–H groups in total. The summed E-state index contributed by atoms with van der Waals surface area (Å²) in [5.74, 6) is 0. The minimum atomic E-state index is -4.36. The monoisotopic (exact) mass is 336 g/mol. The average molecular weight is 337 g/mol. The summed E-state index contributed by atoms with van der Waals surface area (Å²) in [6.45, 7) is 0. The van der Waals surface area contributed by atoms with Crippen LogP contribution in [0, 0.1) is 0 Å². The second-order valence-electron chi connectivity index (χ2n) is 3.65. The van der Waals surface area contributed by atoms with Gasteiger partial charge in [0.2, 0.25) is 0 Å². The van der Waals surface area contributed by atoms with Gasteiger partial charge in [0.05, 0.1) is 5.56 Å². The first-order valence-corrected chi connectivity index (χ1v) is 6.53. The first-order chi connectivity index (χ1) is 8.36. The number of alkyl halides is 3. The molecule has 1 heterocycles. The number of benzene rings is 1. The Morgan fingerprint density at radius 2 is 2.06 bits per heavy atom. The smallest absolute Gasteiger partial charge is 0.375 e. The predicted octanol–water partition coefficient (Wildman–Crippen LogP) is 4.10. The molecule has 0 saturated carbocycles. The van der Waals surface area contributed by atoms with E-state index < -0.39 is 11.7 Å². The molecule has 0 aliphatic rings. The Hall–Kier alpha value is -1.08. The van der Waals surface area contributed by atoms with Crippen molar-refractivity contribution < 1.29 is 13.2 Å². The van der Waals surface area contributed by atoms with Crippen LogP contribution in [0.1, 0.15) is 16.0 Å². The lowest BCUT2D eigenvalue weighted by Gasteiger charge is -2.10. The number of nitrogen functional groups attached to an aromatic ring is 1. The van der Waals surface area contributed by atoms with Crippen LogP contribution in [0.4, 0.5) is 18.3 Å².